The zero-order chi connectivity index (χ0) is 7.98. The SMILES string of the molecule is CCOC(=O)[C@H](C)NNC. The van der Waals surface area contributed by atoms with Gasteiger partial charge in [-0.1, -0.05) is 0 Å². The second kappa shape index (κ2) is 5.20. The molecule has 0 aliphatic carbocycles. The molecule has 0 aliphatic heterocycles. The van der Waals surface area contributed by atoms with E-state index in [0.717, 1.165) is 0 Å². The third-order valence-electron chi connectivity index (χ3n) is 1.00. The number of carbonyl (C=O) groups excluding carboxylic acids is 1. The average Bonchev–Trinajstić information content (AvgIpc) is 1.89. The van der Waals surface area contributed by atoms with Crippen molar-refractivity contribution in [1.29, 1.82) is 0 Å². The molecule has 0 saturated heterocycles. The first kappa shape index (κ1) is 9.39. The van der Waals surface area contributed by atoms with Crippen LogP contribution in [-0.2, 0) is 9.53 Å². The topological polar surface area (TPSA) is 50.4 Å². The fraction of sp³-hybridized carbons (Fsp3) is 0.833. The summed E-state index contributed by atoms with van der Waals surface area (Å²) < 4.78 is 4.71. The van der Waals surface area contributed by atoms with Gasteiger partial charge < -0.3 is 4.74 Å². The van der Waals surface area contributed by atoms with E-state index < -0.39 is 0 Å². The Hall–Kier alpha value is -0.610. The fourth-order valence-corrected chi connectivity index (χ4v) is 0.543. The molecule has 4 nitrogen and oxygen atoms in total. The highest BCUT2D eigenvalue weighted by Gasteiger charge is 2.10. The summed E-state index contributed by atoms with van der Waals surface area (Å²) in [5, 5.41) is 0. The lowest BCUT2D eigenvalue weighted by molar-refractivity contribution is -0.145. The molecule has 0 amide bonds. The standard InChI is InChI=1S/C6H14N2O2/c1-4-10-6(9)5(2)8-7-3/h5,7-8H,4H2,1-3H3/t5-/m0/s1. The lowest BCUT2D eigenvalue weighted by Crippen LogP contribution is -2.42. The van der Waals surface area contributed by atoms with Gasteiger partial charge >= 0.3 is 5.97 Å². The quantitative estimate of drug-likeness (QED) is 0.421. The maximum absolute atomic E-state index is 10.8. The van der Waals surface area contributed by atoms with E-state index in [1.54, 1.807) is 20.9 Å². The molecule has 0 unspecified atom stereocenters. The van der Waals surface area contributed by atoms with Crippen molar-refractivity contribution in [2.24, 2.45) is 0 Å². The van der Waals surface area contributed by atoms with Crippen LogP contribution in [0.1, 0.15) is 13.8 Å². The van der Waals surface area contributed by atoms with Crippen LogP contribution >= 0.6 is 0 Å². The molecular formula is C6H14N2O2. The molecule has 4 heteroatoms. The van der Waals surface area contributed by atoms with Crippen LogP contribution in [0.5, 0.6) is 0 Å². The van der Waals surface area contributed by atoms with Gasteiger partial charge in [0.05, 0.1) is 6.61 Å². The average molecular weight is 146 g/mol. The molecule has 0 saturated carbocycles. The van der Waals surface area contributed by atoms with Gasteiger partial charge in [0, 0.05) is 0 Å². The van der Waals surface area contributed by atoms with Gasteiger partial charge in [-0.05, 0) is 20.9 Å². The predicted octanol–water partition coefficient (Wildman–Crippen LogP) is -0.338. The van der Waals surface area contributed by atoms with Crippen LogP contribution in [0.2, 0.25) is 0 Å². The molecule has 0 aromatic carbocycles. The molecule has 60 valence electrons. The maximum atomic E-state index is 10.8. The lowest BCUT2D eigenvalue weighted by Gasteiger charge is -2.10. The molecule has 0 spiro atoms. The van der Waals surface area contributed by atoms with Crippen molar-refractivity contribution in [2.45, 2.75) is 19.9 Å². The van der Waals surface area contributed by atoms with Crippen LogP contribution in [0.25, 0.3) is 0 Å². The Morgan fingerprint density at radius 2 is 2.30 bits per heavy atom. The first-order valence-electron chi connectivity index (χ1n) is 3.31. The number of hydrogen-bond acceptors (Lipinski definition) is 4. The highest BCUT2D eigenvalue weighted by molar-refractivity contribution is 5.75. The fourth-order valence-electron chi connectivity index (χ4n) is 0.543. The van der Waals surface area contributed by atoms with Gasteiger partial charge in [0.25, 0.3) is 0 Å². The molecule has 0 aromatic rings. The van der Waals surface area contributed by atoms with Gasteiger partial charge in [-0.2, -0.15) is 0 Å². The van der Waals surface area contributed by atoms with Crippen molar-refractivity contribution < 1.29 is 9.53 Å². The predicted molar refractivity (Wildman–Crippen MR) is 38.3 cm³/mol. The Morgan fingerprint density at radius 3 is 2.70 bits per heavy atom. The maximum Gasteiger partial charge on any atom is 0.324 e. The van der Waals surface area contributed by atoms with Gasteiger partial charge in [-0.25, -0.2) is 5.43 Å². The van der Waals surface area contributed by atoms with Gasteiger partial charge in [0.15, 0.2) is 0 Å². The minimum atomic E-state index is -0.287. The van der Waals surface area contributed by atoms with Crippen molar-refractivity contribution in [1.82, 2.24) is 10.9 Å². The van der Waals surface area contributed by atoms with E-state index in [1.807, 2.05) is 0 Å². The Balaban J connectivity index is 3.49. The number of rotatable bonds is 4. The summed E-state index contributed by atoms with van der Waals surface area (Å²) >= 11 is 0. The third kappa shape index (κ3) is 3.42. The van der Waals surface area contributed by atoms with Gasteiger partial charge in [0.2, 0.25) is 0 Å². The number of ether oxygens (including phenoxy) is 1. The molecule has 0 rings (SSSR count). The molecule has 10 heavy (non-hydrogen) atoms. The van der Waals surface area contributed by atoms with Crippen LogP contribution in [-0.4, -0.2) is 25.7 Å². The number of nitrogens with one attached hydrogen (secondary N) is 2. The number of hydrogen-bond donors (Lipinski definition) is 2. The summed E-state index contributed by atoms with van der Waals surface area (Å²) in [4.78, 5) is 10.8. The summed E-state index contributed by atoms with van der Waals surface area (Å²) in [6, 6.07) is -0.287. The van der Waals surface area contributed by atoms with Crippen LogP contribution < -0.4 is 10.9 Å². The highest BCUT2D eigenvalue weighted by Crippen LogP contribution is 1.84. The van der Waals surface area contributed by atoms with Crippen molar-refractivity contribution in [3.63, 3.8) is 0 Å². The van der Waals surface area contributed by atoms with Crippen molar-refractivity contribution >= 4 is 5.97 Å². The van der Waals surface area contributed by atoms with Crippen LogP contribution in [0, 0.1) is 0 Å². The summed E-state index contributed by atoms with van der Waals surface area (Å²) in [6.07, 6.45) is 0. The van der Waals surface area contributed by atoms with E-state index >= 15 is 0 Å². The monoisotopic (exact) mass is 146 g/mol. The summed E-state index contributed by atoms with van der Waals surface area (Å²) in [7, 11) is 1.70. The molecule has 0 fully saturated rings. The van der Waals surface area contributed by atoms with Crippen LogP contribution in [0.4, 0.5) is 0 Å². The van der Waals surface area contributed by atoms with Crippen LogP contribution in [0.3, 0.4) is 0 Å². The lowest BCUT2D eigenvalue weighted by atomic mass is 10.4. The van der Waals surface area contributed by atoms with E-state index in [0.29, 0.717) is 6.61 Å². The van der Waals surface area contributed by atoms with Gasteiger partial charge in [-0.3, -0.25) is 10.2 Å². The first-order chi connectivity index (χ1) is 4.72. The van der Waals surface area contributed by atoms with E-state index in [2.05, 4.69) is 10.9 Å². The van der Waals surface area contributed by atoms with Crippen LogP contribution in [0.15, 0.2) is 0 Å². The van der Waals surface area contributed by atoms with E-state index in [9.17, 15) is 4.79 Å². The zero-order valence-corrected chi connectivity index (χ0v) is 6.60. The van der Waals surface area contributed by atoms with Crippen molar-refractivity contribution in [2.75, 3.05) is 13.7 Å². The minimum Gasteiger partial charge on any atom is -0.465 e. The molecular weight excluding hydrogens is 132 g/mol. The third-order valence-corrected chi connectivity index (χ3v) is 1.00. The Kier molecular flexibility index (Phi) is 4.88. The van der Waals surface area contributed by atoms with Gasteiger partial charge in [0.1, 0.15) is 6.04 Å². The summed E-state index contributed by atoms with van der Waals surface area (Å²) in [5.74, 6) is -0.239. The van der Waals surface area contributed by atoms with Gasteiger partial charge in [-0.15, -0.1) is 0 Å². The Morgan fingerprint density at radius 1 is 1.70 bits per heavy atom. The normalized spacial score (nSPS) is 12.7. The largest absolute Gasteiger partial charge is 0.465 e. The van der Waals surface area contributed by atoms with E-state index in [1.165, 1.54) is 0 Å². The van der Waals surface area contributed by atoms with E-state index in [-0.39, 0.29) is 12.0 Å². The first-order valence-corrected chi connectivity index (χ1v) is 3.31. The molecule has 0 heterocycles. The summed E-state index contributed by atoms with van der Waals surface area (Å²) in [6.45, 7) is 3.94. The van der Waals surface area contributed by atoms with Crippen molar-refractivity contribution in [3.05, 3.63) is 0 Å². The molecule has 1 atom stereocenters. The number of carbonyl (C=O) groups is 1. The zero-order valence-electron chi connectivity index (χ0n) is 6.60. The van der Waals surface area contributed by atoms with Crippen molar-refractivity contribution in [3.8, 4) is 0 Å². The molecule has 2 N–H and O–H groups in total. The highest BCUT2D eigenvalue weighted by atomic mass is 16.5. The molecule has 0 aromatic heterocycles. The number of esters is 1. The second-order valence-corrected chi connectivity index (χ2v) is 1.87. The molecule has 0 bridgehead atoms. The summed E-state index contributed by atoms with van der Waals surface area (Å²) in [5.41, 5.74) is 5.36. The molecule has 0 aliphatic rings. The second-order valence-electron chi connectivity index (χ2n) is 1.87. The Bertz CT molecular complexity index is 106. The Labute approximate surface area is 60.9 Å². The molecule has 0 radical (unpaired) electrons. The number of hydrazine groups is 1. The minimum absolute atomic E-state index is 0.239. The van der Waals surface area contributed by atoms with E-state index in [4.69, 9.17) is 4.74 Å². The smallest absolute Gasteiger partial charge is 0.324 e.